The molecule has 4 rings (SSSR count). The number of anilines is 1. The Morgan fingerprint density at radius 1 is 1.39 bits per heavy atom. The molecule has 1 fully saturated rings. The third-order valence-electron chi connectivity index (χ3n) is 4.65. The molecule has 142 valence electrons. The molecule has 1 unspecified atom stereocenters. The number of amides is 1. The van der Waals surface area contributed by atoms with E-state index in [0.29, 0.717) is 29.8 Å². The second-order valence-corrected chi connectivity index (χ2v) is 6.92. The van der Waals surface area contributed by atoms with Gasteiger partial charge in [-0.1, -0.05) is 11.6 Å². The first-order valence-electron chi connectivity index (χ1n) is 8.87. The second kappa shape index (κ2) is 7.78. The van der Waals surface area contributed by atoms with E-state index < -0.39 is 0 Å². The number of piperidine rings is 1. The van der Waals surface area contributed by atoms with Gasteiger partial charge in [-0.2, -0.15) is 10.4 Å². The van der Waals surface area contributed by atoms with E-state index in [9.17, 15) is 4.79 Å². The number of aromatic nitrogens is 5. The molecule has 10 heteroatoms. The van der Waals surface area contributed by atoms with E-state index in [4.69, 9.17) is 16.9 Å². The molecule has 1 aliphatic rings. The van der Waals surface area contributed by atoms with Gasteiger partial charge in [-0.05, 0) is 12.8 Å². The van der Waals surface area contributed by atoms with Crippen molar-refractivity contribution in [3.63, 3.8) is 0 Å². The number of nitrogens with one attached hydrogen (secondary N) is 1. The van der Waals surface area contributed by atoms with Crippen LogP contribution in [-0.2, 0) is 4.79 Å². The Kier molecular flexibility index (Phi) is 5.04. The summed E-state index contributed by atoms with van der Waals surface area (Å²) in [4.78, 5) is 26.7. The zero-order valence-corrected chi connectivity index (χ0v) is 15.7. The van der Waals surface area contributed by atoms with Crippen LogP contribution in [0.1, 0.15) is 19.3 Å². The van der Waals surface area contributed by atoms with Crippen LogP contribution < -0.4 is 5.32 Å². The number of fused-ring (bicyclic) bond motifs is 1. The molecule has 3 aromatic heterocycles. The highest BCUT2D eigenvalue weighted by Gasteiger charge is 2.24. The number of hydrogen-bond acceptors (Lipinski definition) is 7. The molecule has 1 atom stereocenters. The molecule has 0 saturated carbocycles. The molecule has 0 spiro atoms. The number of nitriles is 1. The lowest BCUT2D eigenvalue weighted by Crippen LogP contribution is -2.45. The zero-order valence-electron chi connectivity index (χ0n) is 14.9. The minimum Gasteiger partial charge on any atom is -0.364 e. The molecule has 0 aliphatic carbocycles. The van der Waals surface area contributed by atoms with E-state index in [2.05, 4.69) is 25.4 Å². The standard InChI is InChI=1S/C18H17ClN8O/c19-14-9-22-17(13-8-23-27-7-5-21-10-15(13)27)25-18(14)24-12-2-1-6-26(11-12)16(28)3-4-20/h5,7-10,12H,1-3,6,11H2,(H,22,24,25). The van der Waals surface area contributed by atoms with E-state index >= 15 is 0 Å². The van der Waals surface area contributed by atoms with Gasteiger partial charge in [0.05, 0.1) is 35.7 Å². The fourth-order valence-electron chi connectivity index (χ4n) is 3.30. The van der Waals surface area contributed by atoms with Crippen LogP contribution in [0.5, 0.6) is 0 Å². The summed E-state index contributed by atoms with van der Waals surface area (Å²) >= 11 is 6.30. The normalized spacial score (nSPS) is 16.7. The summed E-state index contributed by atoms with van der Waals surface area (Å²) in [7, 11) is 0. The Morgan fingerprint density at radius 3 is 3.14 bits per heavy atom. The highest BCUT2D eigenvalue weighted by molar-refractivity contribution is 6.32. The van der Waals surface area contributed by atoms with Gasteiger partial charge in [0, 0.05) is 31.5 Å². The van der Waals surface area contributed by atoms with Crippen molar-refractivity contribution < 1.29 is 4.79 Å². The molecule has 4 heterocycles. The van der Waals surface area contributed by atoms with Gasteiger partial charge < -0.3 is 10.2 Å². The van der Waals surface area contributed by atoms with Crippen molar-refractivity contribution in [1.29, 1.82) is 5.26 Å². The first kappa shape index (κ1) is 18.1. The van der Waals surface area contributed by atoms with Crippen molar-refractivity contribution in [3.05, 3.63) is 36.0 Å². The van der Waals surface area contributed by atoms with E-state index in [-0.39, 0.29) is 18.4 Å². The molecular formula is C18H17ClN8O. The highest BCUT2D eigenvalue weighted by Crippen LogP contribution is 2.27. The molecule has 1 N–H and O–H groups in total. The molecule has 1 saturated heterocycles. The van der Waals surface area contributed by atoms with Crippen molar-refractivity contribution in [1.82, 2.24) is 29.5 Å². The van der Waals surface area contributed by atoms with Gasteiger partial charge in [0.25, 0.3) is 0 Å². The summed E-state index contributed by atoms with van der Waals surface area (Å²) in [6.07, 6.45) is 9.98. The van der Waals surface area contributed by atoms with Crippen molar-refractivity contribution >= 4 is 28.8 Å². The Hall–Kier alpha value is -3.25. The van der Waals surface area contributed by atoms with Crippen LogP contribution in [0, 0.1) is 11.3 Å². The van der Waals surface area contributed by atoms with Gasteiger partial charge in [-0.3, -0.25) is 9.78 Å². The first-order valence-corrected chi connectivity index (χ1v) is 9.25. The lowest BCUT2D eigenvalue weighted by atomic mass is 10.1. The topological polar surface area (TPSA) is 112 Å². The van der Waals surface area contributed by atoms with Crippen LogP contribution in [0.2, 0.25) is 5.02 Å². The maximum Gasteiger partial charge on any atom is 0.236 e. The van der Waals surface area contributed by atoms with Gasteiger partial charge in [0.1, 0.15) is 17.3 Å². The molecule has 0 bridgehead atoms. The number of rotatable bonds is 4. The average molecular weight is 397 g/mol. The van der Waals surface area contributed by atoms with Crippen LogP contribution in [0.15, 0.2) is 31.0 Å². The molecular weight excluding hydrogens is 380 g/mol. The molecule has 0 radical (unpaired) electrons. The zero-order chi connectivity index (χ0) is 19.5. The molecule has 1 aliphatic heterocycles. The summed E-state index contributed by atoms with van der Waals surface area (Å²) < 4.78 is 1.70. The van der Waals surface area contributed by atoms with Gasteiger partial charge >= 0.3 is 0 Å². The fourth-order valence-corrected chi connectivity index (χ4v) is 3.44. The molecule has 3 aromatic rings. The van der Waals surface area contributed by atoms with Crippen LogP contribution in [0.3, 0.4) is 0 Å². The smallest absolute Gasteiger partial charge is 0.236 e. The average Bonchev–Trinajstić information content (AvgIpc) is 3.14. The quantitative estimate of drug-likeness (QED) is 0.718. The van der Waals surface area contributed by atoms with Gasteiger partial charge in [-0.25, -0.2) is 14.5 Å². The van der Waals surface area contributed by atoms with Crippen LogP contribution in [0.25, 0.3) is 16.9 Å². The summed E-state index contributed by atoms with van der Waals surface area (Å²) in [5.41, 5.74) is 1.55. The lowest BCUT2D eigenvalue weighted by molar-refractivity contribution is -0.131. The fraction of sp³-hybridized carbons (Fsp3) is 0.333. The number of carbonyl (C=O) groups excluding carboxylic acids is 1. The lowest BCUT2D eigenvalue weighted by Gasteiger charge is -2.33. The monoisotopic (exact) mass is 396 g/mol. The number of hydrogen-bond donors (Lipinski definition) is 1. The number of likely N-dealkylation sites (tertiary alicyclic amines) is 1. The Labute approximate surface area is 166 Å². The SMILES string of the molecule is N#CCC(=O)N1CCCC(Nc2nc(-c3cnn4ccncc34)ncc2Cl)C1. The first-order chi connectivity index (χ1) is 13.7. The third kappa shape index (κ3) is 3.59. The third-order valence-corrected chi connectivity index (χ3v) is 4.93. The van der Waals surface area contributed by atoms with E-state index in [1.165, 1.54) is 0 Å². The van der Waals surface area contributed by atoms with Crippen molar-refractivity contribution in [2.75, 3.05) is 18.4 Å². The second-order valence-electron chi connectivity index (χ2n) is 6.51. The number of carbonyl (C=O) groups is 1. The van der Waals surface area contributed by atoms with Gasteiger partial charge in [-0.15, -0.1) is 0 Å². The van der Waals surface area contributed by atoms with Crippen LogP contribution in [-0.4, -0.2) is 54.5 Å². The predicted molar refractivity (Wildman–Crippen MR) is 102 cm³/mol. The number of halogens is 1. The van der Waals surface area contributed by atoms with E-state index in [1.807, 2.05) is 6.07 Å². The van der Waals surface area contributed by atoms with Crippen LogP contribution in [0.4, 0.5) is 5.82 Å². The summed E-state index contributed by atoms with van der Waals surface area (Å²) in [6.45, 7) is 1.17. The Balaban J connectivity index is 1.56. The summed E-state index contributed by atoms with van der Waals surface area (Å²) in [5.74, 6) is 0.847. The number of nitrogens with zero attached hydrogens (tertiary/aromatic N) is 7. The summed E-state index contributed by atoms with van der Waals surface area (Å²) in [6, 6.07) is 1.91. The van der Waals surface area contributed by atoms with Gasteiger partial charge in [0.2, 0.25) is 5.91 Å². The molecule has 9 nitrogen and oxygen atoms in total. The predicted octanol–water partition coefficient (Wildman–Crippen LogP) is 2.16. The van der Waals surface area contributed by atoms with Gasteiger partial charge in [0.15, 0.2) is 5.82 Å². The molecule has 1 amide bonds. The summed E-state index contributed by atoms with van der Waals surface area (Å²) in [5, 5.41) is 16.8. The Bertz CT molecular complexity index is 1060. The molecule has 28 heavy (non-hydrogen) atoms. The van der Waals surface area contributed by atoms with E-state index in [1.54, 1.807) is 40.4 Å². The van der Waals surface area contributed by atoms with E-state index in [0.717, 1.165) is 23.9 Å². The maximum absolute atomic E-state index is 12.0. The minimum absolute atomic E-state index is 0.00205. The molecule has 0 aromatic carbocycles. The van der Waals surface area contributed by atoms with Crippen LogP contribution >= 0.6 is 11.6 Å². The van der Waals surface area contributed by atoms with Crippen molar-refractivity contribution in [3.8, 4) is 17.5 Å². The maximum atomic E-state index is 12.0. The largest absolute Gasteiger partial charge is 0.364 e. The van der Waals surface area contributed by atoms with Crippen molar-refractivity contribution in [2.45, 2.75) is 25.3 Å². The Morgan fingerprint density at radius 2 is 2.29 bits per heavy atom. The van der Waals surface area contributed by atoms with Crippen molar-refractivity contribution in [2.24, 2.45) is 0 Å². The highest BCUT2D eigenvalue weighted by atomic mass is 35.5. The minimum atomic E-state index is -0.151.